The summed E-state index contributed by atoms with van der Waals surface area (Å²) >= 11 is 0. The molecule has 2 heteroatoms. The van der Waals surface area contributed by atoms with E-state index in [0.717, 1.165) is 13.0 Å². The number of fused-ring (bicyclic) bond motifs is 1. The Morgan fingerprint density at radius 1 is 1.33 bits per heavy atom. The summed E-state index contributed by atoms with van der Waals surface area (Å²) in [5, 5.41) is 9.06. The lowest BCUT2D eigenvalue weighted by atomic mass is 10.0. The van der Waals surface area contributed by atoms with Gasteiger partial charge in [0.1, 0.15) is 0 Å². The molecule has 0 bridgehead atoms. The van der Waals surface area contributed by atoms with Crippen molar-refractivity contribution in [3.8, 4) is 0 Å². The van der Waals surface area contributed by atoms with E-state index in [9.17, 15) is 0 Å². The molecule has 1 heterocycles. The molecule has 0 spiro atoms. The number of hydrogen-bond acceptors (Lipinski definition) is 2. The first kappa shape index (κ1) is 10.5. The maximum Gasteiger partial charge on any atom is 0.0472 e. The highest BCUT2D eigenvalue weighted by molar-refractivity contribution is 5.60. The molecule has 2 nitrogen and oxygen atoms in total. The first-order valence-corrected chi connectivity index (χ1v) is 5.75. The maximum atomic E-state index is 9.06. The molecule has 1 aliphatic rings. The Labute approximate surface area is 91.5 Å². The summed E-state index contributed by atoms with van der Waals surface area (Å²) in [7, 11) is 2.16. The number of hydrogen-bond donors (Lipinski definition) is 1. The van der Waals surface area contributed by atoms with Crippen LogP contribution >= 0.6 is 0 Å². The van der Waals surface area contributed by atoms with Crippen LogP contribution in [0.5, 0.6) is 0 Å². The molecule has 0 unspecified atom stereocenters. The van der Waals surface area contributed by atoms with E-state index in [1.54, 1.807) is 0 Å². The topological polar surface area (TPSA) is 23.5 Å². The van der Waals surface area contributed by atoms with Gasteiger partial charge in [0.2, 0.25) is 0 Å². The van der Waals surface area contributed by atoms with Gasteiger partial charge in [-0.15, -0.1) is 0 Å². The lowest BCUT2D eigenvalue weighted by Crippen LogP contribution is -2.19. The fourth-order valence-electron chi connectivity index (χ4n) is 2.43. The predicted molar refractivity (Wildman–Crippen MR) is 63.4 cm³/mol. The molecular formula is C13H19NO. The number of nitrogens with zero attached hydrogens (tertiary/aromatic N) is 1. The van der Waals surface area contributed by atoms with E-state index in [1.165, 1.54) is 36.1 Å². The Bertz CT molecular complexity index is 335. The Balaban J connectivity index is 2.40. The average Bonchev–Trinajstić information content (AvgIpc) is 2.42. The number of aliphatic hydroxyl groups excluding tert-OH is 1. The molecular weight excluding hydrogens is 186 g/mol. The van der Waals surface area contributed by atoms with E-state index in [0.29, 0.717) is 0 Å². The van der Waals surface area contributed by atoms with Crippen LogP contribution in [0.2, 0.25) is 0 Å². The van der Waals surface area contributed by atoms with E-state index in [-0.39, 0.29) is 6.61 Å². The van der Waals surface area contributed by atoms with E-state index in [4.69, 9.17) is 5.11 Å². The number of para-hydroxylation sites is 1. The minimum absolute atomic E-state index is 0.240. The van der Waals surface area contributed by atoms with Gasteiger partial charge in [0.05, 0.1) is 0 Å². The van der Waals surface area contributed by atoms with Gasteiger partial charge in [-0.1, -0.05) is 18.2 Å². The third-order valence-electron chi connectivity index (χ3n) is 3.16. The van der Waals surface area contributed by atoms with Crippen molar-refractivity contribution in [3.63, 3.8) is 0 Å². The first-order valence-electron chi connectivity index (χ1n) is 5.75. The van der Waals surface area contributed by atoms with Crippen LogP contribution in [0.1, 0.15) is 24.0 Å². The molecule has 2 rings (SSSR count). The number of aryl methyl sites for hydroxylation is 1. The van der Waals surface area contributed by atoms with E-state index >= 15 is 0 Å². The standard InChI is InChI=1S/C13H19NO/c1-14-9-3-2-5-11-6-4-7-12(8-10-15)13(11)14/h4,6-7,15H,2-3,5,8-10H2,1H3. The van der Waals surface area contributed by atoms with Crippen LogP contribution < -0.4 is 4.90 Å². The van der Waals surface area contributed by atoms with Gasteiger partial charge >= 0.3 is 0 Å². The van der Waals surface area contributed by atoms with E-state index < -0.39 is 0 Å². The first-order chi connectivity index (χ1) is 7.33. The molecule has 82 valence electrons. The normalized spacial score (nSPS) is 16.0. The van der Waals surface area contributed by atoms with Crippen molar-refractivity contribution < 1.29 is 5.11 Å². The fourth-order valence-corrected chi connectivity index (χ4v) is 2.43. The van der Waals surface area contributed by atoms with Crippen LogP contribution in [-0.4, -0.2) is 25.3 Å². The van der Waals surface area contributed by atoms with Crippen molar-refractivity contribution in [2.45, 2.75) is 25.7 Å². The van der Waals surface area contributed by atoms with Crippen LogP contribution in [-0.2, 0) is 12.8 Å². The average molecular weight is 205 g/mol. The summed E-state index contributed by atoms with van der Waals surface area (Å²) in [6.07, 6.45) is 4.50. The second-order valence-electron chi connectivity index (χ2n) is 4.28. The van der Waals surface area contributed by atoms with E-state index in [2.05, 4.69) is 30.1 Å². The van der Waals surface area contributed by atoms with Gasteiger partial charge < -0.3 is 10.0 Å². The van der Waals surface area contributed by atoms with Crippen LogP contribution in [0.15, 0.2) is 18.2 Å². The van der Waals surface area contributed by atoms with Gasteiger partial charge in [0.15, 0.2) is 0 Å². The summed E-state index contributed by atoms with van der Waals surface area (Å²) in [5.74, 6) is 0. The summed E-state index contributed by atoms with van der Waals surface area (Å²) < 4.78 is 0. The molecule has 0 atom stereocenters. The quantitative estimate of drug-likeness (QED) is 0.798. The maximum absolute atomic E-state index is 9.06. The summed E-state index contributed by atoms with van der Waals surface area (Å²) in [4.78, 5) is 2.34. The van der Waals surface area contributed by atoms with Crippen LogP contribution in [0.25, 0.3) is 0 Å². The number of rotatable bonds is 2. The minimum atomic E-state index is 0.240. The Morgan fingerprint density at radius 2 is 2.20 bits per heavy atom. The van der Waals surface area contributed by atoms with Gasteiger partial charge in [-0.25, -0.2) is 0 Å². The van der Waals surface area contributed by atoms with Crippen molar-refractivity contribution >= 4 is 5.69 Å². The Kier molecular flexibility index (Phi) is 3.27. The van der Waals surface area contributed by atoms with E-state index in [1.807, 2.05) is 0 Å². The molecule has 0 saturated carbocycles. The van der Waals surface area contributed by atoms with Crippen LogP contribution in [0.4, 0.5) is 5.69 Å². The van der Waals surface area contributed by atoms with Crippen molar-refractivity contribution in [2.75, 3.05) is 25.1 Å². The zero-order chi connectivity index (χ0) is 10.7. The molecule has 15 heavy (non-hydrogen) atoms. The van der Waals surface area contributed by atoms with Crippen molar-refractivity contribution in [2.24, 2.45) is 0 Å². The van der Waals surface area contributed by atoms with Crippen molar-refractivity contribution in [3.05, 3.63) is 29.3 Å². The second-order valence-corrected chi connectivity index (χ2v) is 4.28. The highest BCUT2D eigenvalue weighted by Gasteiger charge is 2.14. The molecule has 1 aromatic carbocycles. The predicted octanol–water partition coefficient (Wildman–Crippen LogP) is 1.99. The molecule has 0 radical (unpaired) electrons. The molecule has 0 aromatic heterocycles. The molecule has 1 aromatic rings. The van der Waals surface area contributed by atoms with Gasteiger partial charge in [-0.2, -0.15) is 0 Å². The third-order valence-corrected chi connectivity index (χ3v) is 3.16. The lowest BCUT2D eigenvalue weighted by Gasteiger charge is -2.22. The second kappa shape index (κ2) is 4.67. The lowest BCUT2D eigenvalue weighted by molar-refractivity contribution is 0.299. The number of aliphatic hydroxyl groups is 1. The molecule has 1 N–H and O–H groups in total. The van der Waals surface area contributed by atoms with Crippen molar-refractivity contribution in [1.29, 1.82) is 0 Å². The fraction of sp³-hybridized carbons (Fsp3) is 0.538. The van der Waals surface area contributed by atoms with Crippen LogP contribution in [0.3, 0.4) is 0 Å². The van der Waals surface area contributed by atoms with Gasteiger partial charge in [0.25, 0.3) is 0 Å². The smallest absolute Gasteiger partial charge is 0.0472 e. The highest BCUT2D eigenvalue weighted by Crippen LogP contribution is 2.29. The zero-order valence-electron chi connectivity index (χ0n) is 9.37. The molecule has 0 fully saturated rings. The third kappa shape index (κ3) is 2.15. The molecule has 0 amide bonds. The zero-order valence-corrected chi connectivity index (χ0v) is 9.37. The number of anilines is 1. The van der Waals surface area contributed by atoms with Gasteiger partial charge in [-0.3, -0.25) is 0 Å². The molecule has 1 aliphatic heterocycles. The largest absolute Gasteiger partial charge is 0.396 e. The van der Waals surface area contributed by atoms with Gasteiger partial charge in [-0.05, 0) is 36.8 Å². The summed E-state index contributed by atoms with van der Waals surface area (Å²) in [6.45, 7) is 1.37. The summed E-state index contributed by atoms with van der Waals surface area (Å²) in [6, 6.07) is 6.47. The van der Waals surface area contributed by atoms with Crippen molar-refractivity contribution in [1.82, 2.24) is 0 Å². The molecule has 0 saturated heterocycles. The van der Waals surface area contributed by atoms with Crippen LogP contribution in [0, 0.1) is 0 Å². The monoisotopic (exact) mass is 205 g/mol. The minimum Gasteiger partial charge on any atom is -0.396 e. The Morgan fingerprint density at radius 3 is 3.00 bits per heavy atom. The van der Waals surface area contributed by atoms with Gasteiger partial charge in [0, 0.05) is 25.9 Å². The molecule has 0 aliphatic carbocycles. The highest BCUT2D eigenvalue weighted by atomic mass is 16.2. The summed E-state index contributed by atoms with van der Waals surface area (Å²) in [5.41, 5.74) is 4.10. The Hall–Kier alpha value is -1.02. The SMILES string of the molecule is CN1CCCCc2cccc(CCO)c21. The number of benzene rings is 1.